The van der Waals surface area contributed by atoms with Gasteiger partial charge in [0.05, 0.1) is 0 Å². The molecular weight excluding hydrogens is 126 g/mol. The normalized spacial score (nSPS) is 11.4. The van der Waals surface area contributed by atoms with Gasteiger partial charge in [-0.15, -0.1) is 0 Å². The van der Waals surface area contributed by atoms with Gasteiger partial charge in [-0.05, 0) is 13.3 Å². The van der Waals surface area contributed by atoms with Crippen LogP contribution in [0.2, 0.25) is 0 Å². The van der Waals surface area contributed by atoms with E-state index in [1.54, 1.807) is 6.92 Å². The van der Waals surface area contributed by atoms with Crippen molar-refractivity contribution in [2.75, 3.05) is 14.1 Å². The highest BCUT2D eigenvalue weighted by atomic mass is 16.1. The predicted molar refractivity (Wildman–Crippen MR) is 42.7 cm³/mol. The molecule has 2 heteroatoms. The van der Waals surface area contributed by atoms with Gasteiger partial charge in [0, 0.05) is 25.9 Å². The SMILES string of the molecule is CC/C(=C\N(C)C)C(C)=O. The van der Waals surface area contributed by atoms with Crippen LogP contribution >= 0.6 is 0 Å². The van der Waals surface area contributed by atoms with Gasteiger partial charge in [-0.1, -0.05) is 6.92 Å². The number of nitrogens with zero attached hydrogens (tertiary/aromatic N) is 1. The summed E-state index contributed by atoms with van der Waals surface area (Å²) in [5.74, 6) is 0.163. The van der Waals surface area contributed by atoms with Crippen LogP contribution < -0.4 is 0 Å². The zero-order valence-electron chi connectivity index (χ0n) is 7.14. The fraction of sp³-hybridized carbons (Fsp3) is 0.625. The molecule has 0 radical (unpaired) electrons. The first-order chi connectivity index (χ1) is 4.57. The lowest BCUT2D eigenvalue weighted by atomic mass is 10.1. The Hall–Kier alpha value is -0.790. The molecule has 0 amide bonds. The number of ketones is 1. The van der Waals surface area contributed by atoms with Crippen molar-refractivity contribution in [1.29, 1.82) is 0 Å². The first-order valence-electron chi connectivity index (χ1n) is 3.46. The number of rotatable bonds is 3. The van der Waals surface area contributed by atoms with Crippen LogP contribution in [0.5, 0.6) is 0 Å². The summed E-state index contributed by atoms with van der Waals surface area (Å²) in [6.45, 7) is 3.58. The summed E-state index contributed by atoms with van der Waals surface area (Å²) in [7, 11) is 3.83. The zero-order valence-corrected chi connectivity index (χ0v) is 7.14. The van der Waals surface area contributed by atoms with E-state index in [1.165, 1.54) is 0 Å². The molecule has 0 N–H and O–H groups in total. The summed E-state index contributed by atoms with van der Waals surface area (Å²) < 4.78 is 0. The first-order valence-corrected chi connectivity index (χ1v) is 3.46. The fourth-order valence-electron chi connectivity index (χ4n) is 0.743. The smallest absolute Gasteiger partial charge is 0.157 e. The van der Waals surface area contributed by atoms with Crippen LogP contribution in [0.4, 0.5) is 0 Å². The van der Waals surface area contributed by atoms with Crippen molar-refractivity contribution in [1.82, 2.24) is 4.90 Å². The maximum absolute atomic E-state index is 10.8. The fourth-order valence-corrected chi connectivity index (χ4v) is 0.743. The van der Waals surface area contributed by atoms with Crippen LogP contribution in [0.1, 0.15) is 20.3 Å². The number of hydrogen-bond donors (Lipinski definition) is 0. The molecule has 0 aromatic carbocycles. The van der Waals surface area contributed by atoms with Gasteiger partial charge in [0.15, 0.2) is 5.78 Å². The number of hydrogen-bond acceptors (Lipinski definition) is 2. The third kappa shape index (κ3) is 3.28. The van der Waals surface area contributed by atoms with Crippen LogP contribution in [0.25, 0.3) is 0 Å². The molecular formula is C8H15NO. The number of Topliss-reactive ketones (excluding diaryl/α,β-unsaturated/α-hetero) is 1. The van der Waals surface area contributed by atoms with Gasteiger partial charge >= 0.3 is 0 Å². The van der Waals surface area contributed by atoms with Crippen molar-refractivity contribution in [2.45, 2.75) is 20.3 Å². The summed E-state index contributed by atoms with van der Waals surface area (Å²) in [5, 5.41) is 0. The van der Waals surface area contributed by atoms with Gasteiger partial charge in [0.2, 0.25) is 0 Å². The first kappa shape index (κ1) is 9.21. The van der Waals surface area contributed by atoms with Gasteiger partial charge < -0.3 is 4.90 Å². The van der Waals surface area contributed by atoms with E-state index in [0.29, 0.717) is 0 Å². The minimum Gasteiger partial charge on any atom is -0.383 e. The molecule has 0 saturated carbocycles. The molecule has 0 heterocycles. The Bertz CT molecular complexity index is 147. The Morgan fingerprint density at radius 1 is 1.50 bits per heavy atom. The van der Waals surface area contributed by atoms with Crippen molar-refractivity contribution in [3.8, 4) is 0 Å². The zero-order chi connectivity index (χ0) is 8.15. The van der Waals surface area contributed by atoms with Gasteiger partial charge in [-0.3, -0.25) is 4.79 Å². The minimum atomic E-state index is 0.163. The molecule has 0 aliphatic rings. The molecule has 0 spiro atoms. The number of carbonyl (C=O) groups is 1. The van der Waals surface area contributed by atoms with Crippen LogP contribution in [0.15, 0.2) is 11.8 Å². The van der Waals surface area contributed by atoms with Gasteiger partial charge in [-0.2, -0.15) is 0 Å². The van der Waals surface area contributed by atoms with E-state index >= 15 is 0 Å². The molecule has 0 atom stereocenters. The van der Waals surface area contributed by atoms with Gasteiger partial charge in [-0.25, -0.2) is 0 Å². The average molecular weight is 141 g/mol. The van der Waals surface area contributed by atoms with Crippen LogP contribution in [-0.4, -0.2) is 24.8 Å². The third-order valence-corrected chi connectivity index (χ3v) is 1.25. The van der Waals surface area contributed by atoms with E-state index in [1.807, 2.05) is 32.1 Å². The number of allylic oxidation sites excluding steroid dienone is 1. The highest BCUT2D eigenvalue weighted by molar-refractivity contribution is 5.92. The van der Waals surface area contributed by atoms with Gasteiger partial charge in [0.1, 0.15) is 0 Å². The monoisotopic (exact) mass is 141 g/mol. The maximum Gasteiger partial charge on any atom is 0.157 e. The van der Waals surface area contributed by atoms with Crippen molar-refractivity contribution < 1.29 is 4.79 Å². The molecule has 0 aliphatic carbocycles. The van der Waals surface area contributed by atoms with Crippen LogP contribution in [0.3, 0.4) is 0 Å². The van der Waals surface area contributed by atoms with E-state index in [0.717, 1.165) is 12.0 Å². The maximum atomic E-state index is 10.8. The topological polar surface area (TPSA) is 20.3 Å². The Morgan fingerprint density at radius 3 is 2.10 bits per heavy atom. The van der Waals surface area contributed by atoms with Crippen molar-refractivity contribution in [3.63, 3.8) is 0 Å². The van der Waals surface area contributed by atoms with E-state index in [-0.39, 0.29) is 5.78 Å². The van der Waals surface area contributed by atoms with Gasteiger partial charge in [0.25, 0.3) is 0 Å². The molecule has 0 saturated heterocycles. The van der Waals surface area contributed by atoms with E-state index in [9.17, 15) is 4.79 Å². The summed E-state index contributed by atoms with van der Waals surface area (Å²) in [6, 6.07) is 0. The molecule has 2 nitrogen and oxygen atoms in total. The summed E-state index contributed by atoms with van der Waals surface area (Å²) >= 11 is 0. The Balaban J connectivity index is 4.19. The molecule has 0 bridgehead atoms. The molecule has 0 rings (SSSR count). The molecule has 0 unspecified atom stereocenters. The molecule has 58 valence electrons. The standard InChI is InChI=1S/C8H15NO/c1-5-8(7(2)10)6-9(3)4/h6H,5H2,1-4H3/b8-6+. The van der Waals surface area contributed by atoms with E-state index in [2.05, 4.69) is 0 Å². The van der Waals surface area contributed by atoms with Crippen molar-refractivity contribution in [3.05, 3.63) is 11.8 Å². The van der Waals surface area contributed by atoms with Crippen molar-refractivity contribution in [2.24, 2.45) is 0 Å². The summed E-state index contributed by atoms with van der Waals surface area (Å²) in [4.78, 5) is 12.7. The second kappa shape index (κ2) is 4.09. The molecule has 0 aromatic rings. The van der Waals surface area contributed by atoms with Crippen molar-refractivity contribution >= 4 is 5.78 Å². The molecule has 0 aromatic heterocycles. The van der Waals surface area contributed by atoms with E-state index in [4.69, 9.17) is 0 Å². The lowest BCUT2D eigenvalue weighted by Gasteiger charge is -2.06. The average Bonchev–Trinajstić information content (AvgIpc) is 1.81. The van der Waals surface area contributed by atoms with Crippen LogP contribution in [0, 0.1) is 0 Å². The summed E-state index contributed by atoms with van der Waals surface area (Å²) in [5.41, 5.74) is 0.880. The molecule has 10 heavy (non-hydrogen) atoms. The largest absolute Gasteiger partial charge is 0.383 e. The second-order valence-corrected chi connectivity index (χ2v) is 2.53. The number of carbonyl (C=O) groups excluding carboxylic acids is 1. The minimum absolute atomic E-state index is 0.163. The quantitative estimate of drug-likeness (QED) is 0.554. The molecule has 0 fully saturated rings. The van der Waals surface area contributed by atoms with Crippen LogP contribution in [-0.2, 0) is 4.79 Å². The highest BCUT2D eigenvalue weighted by Gasteiger charge is 1.99. The Kier molecular flexibility index (Phi) is 3.77. The molecule has 0 aliphatic heterocycles. The predicted octanol–water partition coefficient (Wildman–Crippen LogP) is 1.43. The Morgan fingerprint density at radius 2 is 2.00 bits per heavy atom. The third-order valence-electron chi connectivity index (χ3n) is 1.25. The van der Waals surface area contributed by atoms with E-state index < -0.39 is 0 Å². The second-order valence-electron chi connectivity index (χ2n) is 2.53. The Labute approximate surface area is 62.5 Å². The highest BCUT2D eigenvalue weighted by Crippen LogP contribution is 2.01. The summed E-state index contributed by atoms with van der Waals surface area (Å²) in [6.07, 6.45) is 2.68. The lowest BCUT2D eigenvalue weighted by molar-refractivity contribution is -0.113. The lowest BCUT2D eigenvalue weighted by Crippen LogP contribution is -2.06.